The van der Waals surface area contributed by atoms with E-state index in [0.717, 1.165) is 11.3 Å². The highest BCUT2D eigenvalue weighted by Gasteiger charge is 2.15. The van der Waals surface area contributed by atoms with Crippen molar-refractivity contribution >= 4 is 39.8 Å². The van der Waals surface area contributed by atoms with E-state index in [-0.39, 0.29) is 10.6 Å². The zero-order valence-electron chi connectivity index (χ0n) is 17.1. The highest BCUT2D eigenvalue weighted by molar-refractivity contribution is 7.18. The highest BCUT2D eigenvalue weighted by atomic mass is 32.1. The van der Waals surface area contributed by atoms with Gasteiger partial charge in [0.1, 0.15) is 16.4 Å². The predicted octanol–water partition coefficient (Wildman–Crippen LogP) is 5.18. The van der Waals surface area contributed by atoms with Crippen molar-refractivity contribution in [3.05, 3.63) is 95.8 Å². The topological polar surface area (TPSA) is 107 Å². The van der Waals surface area contributed by atoms with Crippen molar-refractivity contribution in [3.63, 3.8) is 0 Å². The highest BCUT2D eigenvalue weighted by Crippen LogP contribution is 2.25. The molecule has 0 aliphatic heterocycles. The van der Waals surface area contributed by atoms with Gasteiger partial charge in [-0.2, -0.15) is 0 Å². The van der Waals surface area contributed by atoms with Crippen LogP contribution in [0.3, 0.4) is 0 Å². The number of thiophene rings is 1. The van der Waals surface area contributed by atoms with Gasteiger partial charge >= 0.3 is 5.97 Å². The Morgan fingerprint density at radius 2 is 1.67 bits per heavy atom. The third kappa shape index (κ3) is 6.08. The van der Waals surface area contributed by atoms with Gasteiger partial charge in [0, 0.05) is 11.8 Å². The maximum absolute atomic E-state index is 12.2. The Balaban J connectivity index is 1.27. The van der Waals surface area contributed by atoms with Crippen molar-refractivity contribution in [1.82, 2.24) is 0 Å². The van der Waals surface area contributed by atoms with Crippen LogP contribution in [0.4, 0.5) is 10.7 Å². The summed E-state index contributed by atoms with van der Waals surface area (Å²) in [6.07, 6.45) is 1.39. The van der Waals surface area contributed by atoms with E-state index in [1.54, 1.807) is 36.4 Å². The molecule has 2 aromatic heterocycles. The summed E-state index contributed by atoms with van der Waals surface area (Å²) < 4.78 is 15.8. The number of benzene rings is 2. The molecule has 2 heterocycles. The van der Waals surface area contributed by atoms with Crippen LogP contribution in [0.2, 0.25) is 0 Å². The number of carbonyl (C=O) groups excluding carboxylic acids is 3. The number of anilines is 2. The van der Waals surface area contributed by atoms with Crippen LogP contribution in [0.5, 0.6) is 11.5 Å². The van der Waals surface area contributed by atoms with E-state index < -0.39 is 24.4 Å². The zero-order valence-corrected chi connectivity index (χ0v) is 18.0. The molecule has 8 nitrogen and oxygen atoms in total. The van der Waals surface area contributed by atoms with Crippen LogP contribution in [-0.4, -0.2) is 24.4 Å². The molecule has 33 heavy (non-hydrogen) atoms. The minimum Gasteiger partial charge on any atom is -0.459 e. The molecule has 0 unspecified atom stereocenters. The first-order valence-corrected chi connectivity index (χ1v) is 10.6. The fourth-order valence-electron chi connectivity index (χ4n) is 2.76. The molecule has 0 atom stereocenters. The van der Waals surface area contributed by atoms with Crippen LogP contribution in [-0.2, 0) is 9.53 Å². The lowest BCUT2D eigenvalue weighted by Gasteiger charge is -2.09. The molecule has 0 spiro atoms. The van der Waals surface area contributed by atoms with Crippen LogP contribution < -0.4 is 15.4 Å². The van der Waals surface area contributed by atoms with Gasteiger partial charge in [-0.15, -0.1) is 11.3 Å². The molecule has 0 saturated carbocycles. The molecular formula is C24H18N2O6S. The van der Waals surface area contributed by atoms with Gasteiger partial charge in [0.25, 0.3) is 11.8 Å². The molecule has 9 heteroatoms. The summed E-state index contributed by atoms with van der Waals surface area (Å²) in [6.45, 7) is -0.464. The van der Waals surface area contributed by atoms with Crippen LogP contribution in [0.1, 0.15) is 20.2 Å². The SMILES string of the molecule is O=C(COC(=O)c1ccc(NC(=O)c2ccco2)s1)Nc1cccc(Oc2ccccc2)c1. The summed E-state index contributed by atoms with van der Waals surface area (Å²) in [5.41, 5.74) is 0.503. The molecule has 166 valence electrons. The predicted molar refractivity (Wildman–Crippen MR) is 123 cm³/mol. The Bertz CT molecular complexity index is 1250. The third-order valence-electron chi connectivity index (χ3n) is 4.22. The second kappa shape index (κ2) is 10.3. The number of hydrogen-bond acceptors (Lipinski definition) is 7. The monoisotopic (exact) mass is 462 g/mol. The minimum absolute atomic E-state index is 0.155. The lowest BCUT2D eigenvalue weighted by atomic mass is 10.3. The standard InChI is InChI=1S/C24H18N2O6S/c27-21(25-16-6-4-9-18(14-16)32-17-7-2-1-3-8-17)15-31-24(29)20-11-12-22(33-20)26-23(28)19-10-5-13-30-19/h1-14H,15H2,(H,25,27)(H,26,28). The molecule has 0 fully saturated rings. The maximum Gasteiger partial charge on any atom is 0.348 e. The number of nitrogens with one attached hydrogen (secondary N) is 2. The summed E-state index contributed by atoms with van der Waals surface area (Å²) in [7, 11) is 0. The Kier molecular flexibility index (Phi) is 6.81. The molecule has 2 N–H and O–H groups in total. The van der Waals surface area contributed by atoms with E-state index in [4.69, 9.17) is 13.9 Å². The van der Waals surface area contributed by atoms with Gasteiger partial charge < -0.3 is 24.5 Å². The van der Waals surface area contributed by atoms with E-state index in [9.17, 15) is 14.4 Å². The van der Waals surface area contributed by atoms with Crippen LogP contribution >= 0.6 is 11.3 Å². The van der Waals surface area contributed by atoms with Crippen molar-refractivity contribution in [2.75, 3.05) is 17.2 Å². The number of amides is 2. The summed E-state index contributed by atoms with van der Waals surface area (Å²) in [5, 5.41) is 5.74. The first-order valence-electron chi connectivity index (χ1n) is 9.81. The van der Waals surface area contributed by atoms with Gasteiger partial charge in [-0.25, -0.2) is 4.79 Å². The second-order valence-electron chi connectivity index (χ2n) is 6.66. The lowest BCUT2D eigenvalue weighted by molar-refractivity contribution is -0.119. The van der Waals surface area contributed by atoms with Gasteiger partial charge in [-0.3, -0.25) is 9.59 Å². The number of carbonyl (C=O) groups is 3. The largest absolute Gasteiger partial charge is 0.459 e. The minimum atomic E-state index is -0.671. The van der Waals surface area contributed by atoms with Gasteiger partial charge in [0.2, 0.25) is 0 Å². The number of rotatable bonds is 8. The Hall–Kier alpha value is -4.37. The van der Waals surface area contributed by atoms with Crippen LogP contribution in [0.15, 0.2) is 89.5 Å². The molecule has 0 radical (unpaired) electrons. The molecule has 0 saturated heterocycles. The van der Waals surface area contributed by atoms with Crippen LogP contribution in [0, 0.1) is 0 Å². The molecule has 4 rings (SSSR count). The van der Waals surface area contributed by atoms with Crippen molar-refractivity contribution < 1.29 is 28.3 Å². The van der Waals surface area contributed by atoms with E-state index in [1.807, 2.05) is 30.3 Å². The number of esters is 1. The fourth-order valence-corrected chi connectivity index (χ4v) is 3.55. The number of hydrogen-bond donors (Lipinski definition) is 2. The van der Waals surface area contributed by atoms with Crippen molar-refractivity contribution in [2.24, 2.45) is 0 Å². The average Bonchev–Trinajstić information content (AvgIpc) is 3.51. The quantitative estimate of drug-likeness (QED) is 0.349. The summed E-state index contributed by atoms with van der Waals surface area (Å²) >= 11 is 1.03. The molecule has 2 aromatic carbocycles. The first kappa shape index (κ1) is 21.8. The van der Waals surface area contributed by atoms with E-state index in [0.29, 0.717) is 22.2 Å². The smallest absolute Gasteiger partial charge is 0.348 e. The Morgan fingerprint density at radius 3 is 2.45 bits per heavy atom. The Labute approximate surface area is 192 Å². The molecule has 2 amide bonds. The summed E-state index contributed by atoms with van der Waals surface area (Å²) in [6, 6.07) is 22.3. The van der Waals surface area contributed by atoms with Crippen LogP contribution in [0.25, 0.3) is 0 Å². The lowest BCUT2D eigenvalue weighted by Crippen LogP contribution is -2.20. The maximum atomic E-state index is 12.2. The van der Waals surface area contributed by atoms with Crippen molar-refractivity contribution in [1.29, 1.82) is 0 Å². The fraction of sp³-hybridized carbons (Fsp3) is 0.0417. The molecular weight excluding hydrogens is 444 g/mol. The van der Waals surface area contributed by atoms with Gasteiger partial charge in [-0.05, 0) is 48.5 Å². The van der Waals surface area contributed by atoms with Gasteiger partial charge in [0.15, 0.2) is 12.4 Å². The average molecular weight is 462 g/mol. The number of para-hydroxylation sites is 1. The molecule has 0 bridgehead atoms. The normalized spacial score (nSPS) is 10.3. The number of furan rings is 1. The van der Waals surface area contributed by atoms with E-state index >= 15 is 0 Å². The zero-order chi connectivity index (χ0) is 23.0. The molecule has 4 aromatic rings. The van der Waals surface area contributed by atoms with E-state index in [2.05, 4.69) is 10.6 Å². The van der Waals surface area contributed by atoms with Gasteiger partial charge in [0.05, 0.1) is 11.3 Å². The summed E-state index contributed by atoms with van der Waals surface area (Å²) in [4.78, 5) is 36.7. The summed E-state index contributed by atoms with van der Waals surface area (Å²) in [5.74, 6) is -0.218. The molecule has 0 aliphatic rings. The molecule has 0 aliphatic carbocycles. The number of ether oxygens (including phenoxy) is 2. The first-order chi connectivity index (χ1) is 16.1. The van der Waals surface area contributed by atoms with Crippen molar-refractivity contribution in [3.8, 4) is 11.5 Å². The van der Waals surface area contributed by atoms with Gasteiger partial charge in [-0.1, -0.05) is 24.3 Å². The Morgan fingerprint density at radius 1 is 0.848 bits per heavy atom. The second-order valence-corrected chi connectivity index (χ2v) is 7.75. The van der Waals surface area contributed by atoms with E-state index in [1.165, 1.54) is 18.4 Å². The third-order valence-corrected chi connectivity index (χ3v) is 5.20. The van der Waals surface area contributed by atoms with Crippen molar-refractivity contribution in [2.45, 2.75) is 0 Å².